The summed E-state index contributed by atoms with van der Waals surface area (Å²) in [5, 5.41) is 0. The predicted octanol–water partition coefficient (Wildman–Crippen LogP) is 2.41. The van der Waals surface area contributed by atoms with Crippen molar-refractivity contribution in [3.63, 3.8) is 0 Å². The fraction of sp³-hybridized carbons (Fsp3) is 0.333. The molecular formula is C15H14F2O4. The highest BCUT2D eigenvalue weighted by Crippen LogP contribution is 2.45. The van der Waals surface area contributed by atoms with Crippen molar-refractivity contribution in [2.75, 3.05) is 13.7 Å². The molecule has 1 unspecified atom stereocenters. The Kier molecular flexibility index (Phi) is 4.06. The van der Waals surface area contributed by atoms with Gasteiger partial charge in [-0.05, 0) is 6.07 Å². The molecule has 0 aromatic heterocycles. The summed E-state index contributed by atoms with van der Waals surface area (Å²) in [5.41, 5.74) is -2.12. The second kappa shape index (κ2) is 5.63. The van der Waals surface area contributed by atoms with Crippen LogP contribution in [0.2, 0.25) is 0 Å². The molecule has 0 saturated carbocycles. The molecular weight excluding hydrogens is 282 g/mol. The number of ether oxygens (including phenoxy) is 2. The number of halogens is 2. The van der Waals surface area contributed by atoms with Crippen LogP contribution in [-0.4, -0.2) is 31.9 Å². The lowest BCUT2D eigenvalue weighted by molar-refractivity contribution is -0.159. The van der Waals surface area contributed by atoms with Gasteiger partial charge in [-0.2, -0.15) is 0 Å². The van der Waals surface area contributed by atoms with Gasteiger partial charge in [0.25, 0.3) is 6.43 Å². The molecule has 1 aromatic carbocycles. The van der Waals surface area contributed by atoms with Crippen molar-refractivity contribution in [3.05, 3.63) is 42.0 Å². The van der Waals surface area contributed by atoms with Crippen molar-refractivity contribution in [2.24, 2.45) is 5.41 Å². The van der Waals surface area contributed by atoms with E-state index in [1.54, 1.807) is 6.07 Å². The van der Waals surface area contributed by atoms with Gasteiger partial charge in [0, 0.05) is 17.5 Å². The molecule has 0 amide bonds. The number of Topliss-reactive ketones (excluding diaryl/α,β-unsaturated/α-hetero) is 1. The van der Waals surface area contributed by atoms with Crippen molar-refractivity contribution >= 4 is 11.8 Å². The first-order chi connectivity index (χ1) is 9.98. The first kappa shape index (κ1) is 15.2. The number of esters is 1. The molecule has 0 aliphatic heterocycles. The molecule has 0 spiro atoms. The second-order valence-corrected chi connectivity index (χ2v) is 4.65. The standard InChI is InChI=1S/C15H14F2O4/c1-3-7-21-14(19)15(13(16)17)8-10-9(12(15)18)5-4-6-11(10)20-2/h3-6,13H,1,7-8H2,2H3. The normalized spacial score (nSPS) is 20.3. The van der Waals surface area contributed by atoms with E-state index in [0.717, 1.165) is 0 Å². The van der Waals surface area contributed by atoms with E-state index >= 15 is 0 Å². The third kappa shape index (κ3) is 2.20. The van der Waals surface area contributed by atoms with Gasteiger partial charge >= 0.3 is 5.97 Å². The Morgan fingerprint density at radius 1 is 1.52 bits per heavy atom. The van der Waals surface area contributed by atoms with Gasteiger partial charge in [-0.15, -0.1) is 0 Å². The lowest BCUT2D eigenvalue weighted by Gasteiger charge is -2.23. The Morgan fingerprint density at radius 3 is 2.81 bits per heavy atom. The fourth-order valence-corrected chi connectivity index (χ4v) is 2.44. The molecule has 2 rings (SSSR count). The van der Waals surface area contributed by atoms with Gasteiger partial charge in [0.15, 0.2) is 11.2 Å². The van der Waals surface area contributed by atoms with Crippen LogP contribution in [0, 0.1) is 5.41 Å². The number of ketones is 1. The number of alkyl halides is 2. The van der Waals surface area contributed by atoms with Crippen molar-refractivity contribution in [1.29, 1.82) is 0 Å². The van der Waals surface area contributed by atoms with Crippen LogP contribution in [0.4, 0.5) is 8.78 Å². The molecule has 0 heterocycles. The van der Waals surface area contributed by atoms with Crippen molar-refractivity contribution in [2.45, 2.75) is 12.8 Å². The van der Waals surface area contributed by atoms with Crippen LogP contribution >= 0.6 is 0 Å². The summed E-state index contributed by atoms with van der Waals surface area (Å²) < 4.78 is 36.9. The van der Waals surface area contributed by atoms with Crippen LogP contribution in [-0.2, 0) is 16.0 Å². The van der Waals surface area contributed by atoms with E-state index in [2.05, 4.69) is 6.58 Å². The van der Waals surface area contributed by atoms with E-state index in [4.69, 9.17) is 9.47 Å². The van der Waals surface area contributed by atoms with Crippen LogP contribution in [0.25, 0.3) is 0 Å². The van der Waals surface area contributed by atoms with Gasteiger partial charge in [-0.1, -0.05) is 24.8 Å². The van der Waals surface area contributed by atoms with Gasteiger partial charge in [-0.25, -0.2) is 8.78 Å². The maximum absolute atomic E-state index is 13.5. The number of carbonyl (C=O) groups excluding carboxylic acids is 2. The molecule has 0 N–H and O–H groups in total. The lowest BCUT2D eigenvalue weighted by Crippen LogP contribution is -2.45. The molecule has 0 bridgehead atoms. The van der Waals surface area contributed by atoms with Crippen molar-refractivity contribution in [3.8, 4) is 5.75 Å². The maximum atomic E-state index is 13.5. The Morgan fingerprint density at radius 2 is 2.24 bits per heavy atom. The average Bonchev–Trinajstić information content (AvgIpc) is 2.79. The summed E-state index contributed by atoms with van der Waals surface area (Å²) in [6.45, 7) is 3.11. The van der Waals surface area contributed by atoms with E-state index in [1.807, 2.05) is 0 Å². The third-order valence-corrected chi connectivity index (χ3v) is 3.53. The molecule has 0 saturated heterocycles. The maximum Gasteiger partial charge on any atom is 0.326 e. The highest BCUT2D eigenvalue weighted by atomic mass is 19.3. The summed E-state index contributed by atoms with van der Waals surface area (Å²) >= 11 is 0. The van der Waals surface area contributed by atoms with E-state index in [9.17, 15) is 18.4 Å². The third-order valence-electron chi connectivity index (χ3n) is 3.53. The van der Waals surface area contributed by atoms with Crippen LogP contribution in [0.1, 0.15) is 15.9 Å². The number of hydrogen-bond acceptors (Lipinski definition) is 4. The number of benzene rings is 1. The first-order valence-electron chi connectivity index (χ1n) is 6.26. The zero-order valence-electron chi connectivity index (χ0n) is 11.4. The number of fused-ring (bicyclic) bond motifs is 1. The molecule has 1 atom stereocenters. The Bertz CT molecular complexity index is 597. The molecule has 112 valence electrons. The minimum Gasteiger partial charge on any atom is -0.496 e. The number of rotatable bonds is 5. The summed E-state index contributed by atoms with van der Waals surface area (Å²) in [6.07, 6.45) is -2.34. The smallest absolute Gasteiger partial charge is 0.326 e. The van der Waals surface area contributed by atoms with Gasteiger partial charge in [-0.3, -0.25) is 9.59 Å². The number of carbonyl (C=O) groups is 2. The van der Waals surface area contributed by atoms with Crippen molar-refractivity contribution in [1.82, 2.24) is 0 Å². The molecule has 21 heavy (non-hydrogen) atoms. The molecule has 6 heteroatoms. The van der Waals surface area contributed by atoms with Gasteiger partial charge in [0.05, 0.1) is 7.11 Å². The Labute approximate surface area is 120 Å². The van der Waals surface area contributed by atoms with Gasteiger partial charge < -0.3 is 9.47 Å². The molecule has 1 aliphatic rings. The lowest BCUT2D eigenvalue weighted by atomic mass is 9.84. The van der Waals surface area contributed by atoms with E-state index in [0.29, 0.717) is 11.3 Å². The molecule has 1 aromatic rings. The quantitative estimate of drug-likeness (QED) is 0.476. The predicted molar refractivity (Wildman–Crippen MR) is 70.6 cm³/mol. The molecule has 1 aliphatic carbocycles. The minimum atomic E-state index is -3.17. The summed E-state index contributed by atoms with van der Waals surface area (Å²) in [4.78, 5) is 24.4. The van der Waals surface area contributed by atoms with Crippen LogP contribution < -0.4 is 4.74 Å². The van der Waals surface area contributed by atoms with Gasteiger partial charge in [0.1, 0.15) is 12.4 Å². The molecule has 0 radical (unpaired) electrons. The zero-order chi connectivity index (χ0) is 15.6. The Hall–Kier alpha value is -2.24. The van der Waals surface area contributed by atoms with Crippen LogP contribution in [0.15, 0.2) is 30.9 Å². The van der Waals surface area contributed by atoms with Crippen LogP contribution in [0.3, 0.4) is 0 Å². The van der Waals surface area contributed by atoms with Crippen molar-refractivity contribution < 1.29 is 27.8 Å². The summed E-state index contributed by atoms with van der Waals surface area (Å²) in [5.74, 6) is -1.86. The molecule has 4 nitrogen and oxygen atoms in total. The monoisotopic (exact) mass is 296 g/mol. The highest BCUT2D eigenvalue weighted by Gasteiger charge is 2.60. The number of hydrogen-bond donors (Lipinski definition) is 0. The van der Waals surface area contributed by atoms with E-state index < -0.39 is 30.0 Å². The molecule has 0 fully saturated rings. The van der Waals surface area contributed by atoms with Crippen LogP contribution in [0.5, 0.6) is 5.75 Å². The van der Waals surface area contributed by atoms with E-state index in [1.165, 1.54) is 25.3 Å². The number of methoxy groups -OCH3 is 1. The summed E-state index contributed by atoms with van der Waals surface area (Å²) in [7, 11) is 1.37. The SMILES string of the molecule is C=CCOC(=O)C1(C(F)F)Cc2c(OC)cccc2C1=O. The summed E-state index contributed by atoms with van der Waals surface area (Å²) in [6, 6.07) is 4.49. The zero-order valence-corrected chi connectivity index (χ0v) is 11.4. The highest BCUT2D eigenvalue weighted by molar-refractivity contribution is 6.16. The largest absolute Gasteiger partial charge is 0.496 e. The first-order valence-corrected chi connectivity index (χ1v) is 6.26. The minimum absolute atomic E-state index is 0.0743. The second-order valence-electron chi connectivity index (χ2n) is 4.65. The topological polar surface area (TPSA) is 52.6 Å². The average molecular weight is 296 g/mol. The fourth-order valence-electron chi connectivity index (χ4n) is 2.44. The van der Waals surface area contributed by atoms with Gasteiger partial charge in [0.2, 0.25) is 0 Å². The Balaban J connectivity index is 2.49. The van der Waals surface area contributed by atoms with E-state index in [-0.39, 0.29) is 12.2 Å².